The van der Waals surface area contributed by atoms with Crippen LogP contribution < -0.4 is 11.1 Å². The fraction of sp³-hybridized carbons (Fsp3) is 0.350. The van der Waals surface area contributed by atoms with Gasteiger partial charge in [0.1, 0.15) is 35.4 Å². The van der Waals surface area contributed by atoms with Gasteiger partial charge in [0.2, 0.25) is 0 Å². The highest BCUT2D eigenvalue weighted by Gasteiger charge is 2.44. The number of ether oxygens (including phenoxy) is 1. The van der Waals surface area contributed by atoms with E-state index in [1.807, 2.05) is 0 Å². The van der Waals surface area contributed by atoms with Gasteiger partial charge in [-0.1, -0.05) is 23.4 Å². The standard InChI is InChI=1S/C20H22ClF2N3O4S/c1-9-13(22)2-10(3-14(9)23)15(24)7-26-17-18(28)16(8-27)30-20(19(17)29)31-12-4-11(21)5-25-6-12/h2-7,16-20,26-29H,8,24H2,1H3/b15-7-. The molecule has 7 nitrogen and oxygen atoms in total. The Morgan fingerprint density at radius 1 is 1.26 bits per heavy atom. The molecule has 0 spiro atoms. The summed E-state index contributed by atoms with van der Waals surface area (Å²) in [7, 11) is 0. The molecular formula is C20H22ClF2N3O4S. The van der Waals surface area contributed by atoms with Gasteiger partial charge in [0.15, 0.2) is 0 Å². The lowest BCUT2D eigenvalue weighted by Crippen LogP contribution is -2.62. The summed E-state index contributed by atoms with van der Waals surface area (Å²) in [5, 5.41) is 34.0. The summed E-state index contributed by atoms with van der Waals surface area (Å²) in [4.78, 5) is 4.58. The molecule has 6 N–H and O–H groups in total. The fourth-order valence-corrected chi connectivity index (χ4v) is 4.38. The molecule has 0 radical (unpaired) electrons. The summed E-state index contributed by atoms with van der Waals surface area (Å²) in [6.45, 7) is 0.814. The van der Waals surface area contributed by atoms with Gasteiger partial charge in [-0.25, -0.2) is 8.78 Å². The van der Waals surface area contributed by atoms with Crippen molar-refractivity contribution in [2.75, 3.05) is 6.61 Å². The van der Waals surface area contributed by atoms with E-state index in [4.69, 9.17) is 22.1 Å². The molecule has 0 aliphatic carbocycles. The second kappa shape index (κ2) is 10.1. The number of pyridine rings is 1. The smallest absolute Gasteiger partial charge is 0.136 e. The van der Waals surface area contributed by atoms with E-state index >= 15 is 0 Å². The van der Waals surface area contributed by atoms with Crippen molar-refractivity contribution < 1.29 is 28.8 Å². The van der Waals surface area contributed by atoms with Gasteiger partial charge in [-0.3, -0.25) is 4.98 Å². The van der Waals surface area contributed by atoms with Gasteiger partial charge in [0.25, 0.3) is 0 Å². The number of thioether (sulfide) groups is 1. The number of rotatable bonds is 6. The van der Waals surface area contributed by atoms with E-state index in [-0.39, 0.29) is 16.8 Å². The second-order valence-corrected chi connectivity index (χ2v) is 8.63. The number of hydrogen-bond acceptors (Lipinski definition) is 8. The number of benzene rings is 1. The van der Waals surface area contributed by atoms with Crippen molar-refractivity contribution in [3.8, 4) is 0 Å². The van der Waals surface area contributed by atoms with Crippen LogP contribution in [-0.4, -0.2) is 56.7 Å². The Labute approximate surface area is 186 Å². The SMILES string of the molecule is Cc1c(F)cc(/C(N)=C/NC2C(O)C(CO)OC(Sc3cncc(Cl)c3)C2O)cc1F. The molecular weight excluding hydrogens is 452 g/mol. The molecule has 3 rings (SSSR count). The van der Waals surface area contributed by atoms with Gasteiger partial charge in [0, 0.05) is 34.6 Å². The van der Waals surface area contributed by atoms with Gasteiger partial charge in [-0.2, -0.15) is 0 Å². The van der Waals surface area contributed by atoms with E-state index in [0.717, 1.165) is 23.9 Å². The van der Waals surface area contributed by atoms with Gasteiger partial charge in [-0.05, 0) is 25.1 Å². The molecule has 2 aromatic rings. The second-order valence-electron chi connectivity index (χ2n) is 7.02. The largest absolute Gasteiger partial charge is 0.397 e. The molecule has 168 valence electrons. The van der Waals surface area contributed by atoms with E-state index in [2.05, 4.69) is 10.3 Å². The van der Waals surface area contributed by atoms with Crippen LogP contribution in [0.1, 0.15) is 11.1 Å². The third-order valence-corrected chi connectivity index (χ3v) is 6.19. The topological polar surface area (TPSA) is 121 Å². The van der Waals surface area contributed by atoms with Crippen molar-refractivity contribution in [3.05, 3.63) is 64.6 Å². The van der Waals surface area contributed by atoms with Gasteiger partial charge >= 0.3 is 0 Å². The predicted molar refractivity (Wildman–Crippen MR) is 113 cm³/mol. The summed E-state index contributed by atoms with van der Waals surface area (Å²) < 4.78 is 33.3. The average molecular weight is 474 g/mol. The Bertz CT molecular complexity index is 945. The number of nitrogens with one attached hydrogen (secondary N) is 1. The van der Waals surface area contributed by atoms with Crippen LogP contribution in [0.25, 0.3) is 5.70 Å². The molecule has 1 aliphatic rings. The zero-order valence-electron chi connectivity index (χ0n) is 16.4. The minimum Gasteiger partial charge on any atom is -0.397 e. The van der Waals surface area contributed by atoms with Crippen LogP contribution in [0.3, 0.4) is 0 Å². The number of nitrogens with two attached hydrogens (primary N) is 1. The van der Waals surface area contributed by atoms with E-state index < -0.39 is 48.0 Å². The predicted octanol–water partition coefficient (Wildman–Crippen LogP) is 1.77. The first kappa shape index (κ1) is 23.7. The zero-order chi connectivity index (χ0) is 22.7. The number of halogens is 3. The normalized spacial score (nSPS) is 26.7. The Morgan fingerprint density at radius 2 is 1.94 bits per heavy atom. The highest BCUT2D eigenvalue weighted by Crippen LogP contribution is 2.34. The van der Waals surface area contributed by atoms with Crippen molar-refractivity contribution in [2.24, 2.45) is 5.73 Å². The van der Waals surface area contributed by atoms with Crippen molar-refractivity contribution in [1.82, 2.24) is 10.3 Å². The Morgan fingerprint density at radius 3 is 2.55 bits per heavy atom. The number of aliphatic hydroxyl groups excluding tert-OH is 3. The summed E-state index contributed by atoms with van der Waals surface area (Å²) in [6, 6.07) is 2.82. The molecule has 0 amide bonds. The minimum atomic E-state index is -1.29. The van der Waals surface area contributed by atoms with Crippen molar-refractivity contribution in [3.63, 3.8) is 0 Å². The summed E-state index contributed by atoms with van der Waals surface area (Å²) in [6.07, 6.45) is 0.713. The first-order valence-corrected chi connectivity index (χ1v) is 10.5. The van der Waals surface area contributed by atoms with Crippen LogP contribution in [0, 0.1) is 18.6 Å². The lowest BCUT2D eigenvalue weighted by Gasteiger charge is -2.42. The molecule has 11 heteroatoms. The maximum Gasteiger partial charge on any atom is 0.136 e. The number of hydrogen-bond donors (Lipinski definition) is 5. The number of aromatic nitrogens is 1. The number of nitrogens with zero attached hydrogens (tertiary/aromatic N) is 1. The molecule has 0 saturated carbocycles. The molecule has 1 fully saturated rings. The Balaban J connectivity index is 1.80. The maximum atomic E-state index is 13.8. The molecule has 1 aliphatic heterocycles. The van der Waals surface area contributed by atoms with E-state index in [0.29, 0.717) is 9.92 Å². The zero-order valence-corrected chi connectivity index (χ0v) is 17.9. The van der Waals surface area contributed by atoms with E-state index in [1.54, 1.807) is 6.07 Å². The van der Waals surface area contributed by atoms with E-state index in [9.17, 15) is 24.1 Å². The van der Waals surface area contributed by atoms with Crippen LogP contribution in [-0.2, 0) is 4.74 Å². The molecule has 1 saturated heterocycles. The highest BCUT2D eigenvalue weighted by molar-refractivity contribution is 7.99. The van der Waals surface area contributed by atoms with Gasteiger partial charge in [0.05, 0.1) is 23.4 Å². The molecule has 5 atom stereocenters. The van der Waals surface area contributed by atoms with Crippen LogP contribution in [0.5, 0.6) is 0 Å². The van der Waals surface area contributed by atoms with E-state index in [1.165, 1.54) is 25.5 Å². The molecule has 31 heavy (non-hydrogen) atoms. The molecule has 1 aromatic heterocycles. The highest BCUT2D eigenvalue weighted by atomic mass is 35.5. The lowest BCUT2D eigenvalue weighted by molar-refractivity contribution is -0.164. The van der Waals surface area contributed by atoms with Crippen molar-refractivity contribution in [1.29, 1.82) is 0 Å². The first-order valence-electron chi connectivity index (χ1n) is 9.28. The monoisotopic (exact) mass is 473 g/mol. The third-order valence-electron chi connectivity index (χ3n) is 4.86. The van der Waals surface area contributed by atoms with Crippen LogP contribution >= 0.6 is 23.4 Å². The molecule has 1 aromatic carbocycles. The quantitative estimate of drug-likeness (QED) is 0.430. The molecule has 0 bridgehead atoms. The van der Waals surface area contributed by atoms with Crippen LogP contribution in [0.15, 0.2) is 41.7 Å². The molecule has 5 unspecified atom stereocenters. The number of aliphatic hydroxyl groups is 3. The fourth-order valence-electron chi connectivity index (χ4n) is 3.05. The summed E-state index contributed by atoms with van der Waals surface area (Å²) in [5.41, 5.74) is 5.02. The van der Waals surface area contributed by atoms with Crippen molar-refractivity contribution in [2.45, 2.75) is 41.6 Å². The minimum absolute atomic E-state index is 0.00696. The average Bonchev–Trinajstić information content (AvgIpc) is 2.73. The summed E-state index contributed by atoms with van der Waals surface area (Å²) in [5.74, 6) is -1.49. The first-order chi connectivity index (χ1) is 14.7. The van der Waals surface area contributed by atoms with Crippen LogP contribution in [0.2, 0.25) is 5.02 Å². The summed E-state index contributed by atoms with van der Waals surface area (Å²) >= 11 is 7.05. The Hall–Kier alpha value is -1.95. The third kappa shape index (κ3) is 5.46. The maximum absolute atomic E-state index is 13.8. The lowest BCUT2D eigenvalue weighted by atomic mass is 9.97. The molecule has 2 heterocycles. The van der Waals surface area contributed by atoms with Gasteiger partial charge < -0.3 is 31.1 Å². The van der Waals surface area contributed by atoms with Gasteiger partial charge in [-0.15, -0.1) is 0 Å². The van der Waals surface area contributed by atoms with Crippen LogP contribution in [0.4, 0.5) is 8.78 Å². The Kier molecular flexibility index (Phi) is 7.73. The van der Waals surface area contributed by atoms with Crippen molar-refractivity contribution >= 4 is 29.1 Å².